The van der Waals surface area contributed by atoms with Gasteiger partial charge in [-0.3, -0.25) is 4.72 Å². The Morgan fingerprint density at radius 1 is 1.11 bits per heavy atom. The lowest BCUT2D eigenvalue weighted by atomic mass is 9.86. The van der Waals surface area contributed by atoms with E-state index in [1.54, 1.807) is 0 Å². The molecule has 2 fully saturated rings. The maximum atomic E-state index is 12.4. The van der Waals surface area contributed by atoms with Gasteiger partial charge < -0.3 is 0 Å². The van der Waals surface area contributed by atoms with Crippen LogP contribution < -0.4 is 4.72 Å². The van der Waals surface area contributed by atoms with Crippen molar-refractivity contribution in [1.82, 2.24) is 0 Å². The lowest BCUT2D eigenvalue weighted by Gasteiger charge is -2.22. The molecule has 4 heteroatoms. The number of hydrogen-bond acceptors (Lipinski definition) is 2. The first-order chi connectivity index (χ1) is 9.02. The van der Waals surface area contributed by atoms with E-state index in [-0.39, 0.29) is 10.7 Å². The van der Waals surface area contributed by atoms with Crippen LogP contribution in [0.5, 0.6) is 0 Å². The van der Waals surface area contributed by atoms with Crippen LogP contribution in [0.2, 0.25) is 0 Å². The van der Waals surface area contributed by atoms with Crippen LogP contribution in [0.25, 0.3) is 0 Å². The van der Waals surface area contributed by atoms with Crippen LogP contribution in [-0.4, -0.2) is 13.7 Å². The summed E-state index contributed by atoms with van der Waals surface area (Å²) in [5.74, 6) is 0. The molecule has 2 aliphatic carbocycles. The van der Waals surface area contributed by atoms with Gasteiger partial charge in [-0.2, -0.15) is 0 Å². The van der Waals surface area contributed by atoms with Gasteiger partial charge in [0.25, 0.3) is 0 Å². The van der Waals surface area contributed by atoms with Crippen molar-refractivity contribution in [3.05, 3.63) is 29.8 Å². The van der Waals surface area contributed by atoms with Gasteiger partial charge in [-0.1, -0.05) is 37.0 Å². The zero-order valence-electron chi connectivity index (χ0n) is 11.4. The number of anilines is 1. The monoisotopic (exact) mass is 279 g/mol. The standard InChI is InChI=1S/C15H21NO2S/c1-12-5-7-13(8-6-12)16-19(17,18)14-11-15(14)9-3-2-4-10-15/h5-8,14,16H,2-4,9-11H2,1H3. The molecule has 0 heterocycles. The van der Waals surface area contributed by atoms with Gasteiger partial charge in [0.2, 0.25) is 10.0 Å². The van der Waals surface area contributed by atoms with Gasteiger partial charge in [-0.05, 0) is 43.7 Å². The SMILES string of the molecule is Cc1ccc(NS(=O)(=O)C2CC23CCCCC3)cc1. The fourth-order valence-corrected chi connectivity index (χ4v) is 5.44. The van der Waals surface area contributed by atoms with Crippen LogP contribution in [0.3, 0.4) is 0 Å². The molecule has 0 bridgehead atoms. The molecule has 104 valence electrons. The first kappa shape index (κ1) is 13.0. The van der Waals surface area contributed by atoms with E-state index in [1.807, 2.05) is 31.2 Å². The first-order valence-corrected chi connectivity index (χ1v) is 8.65. The van der Waals surface area contributed by atoms with E-state index in [4.69, 9.17) is 0 Å². The Hall–Kier alpha value is -1.03. The predicted molar refractivity (Wildman–Crippen MR) is 77.6 cm³/mol. The smallest absolute Gasteiger partial charge is 0.236 e. The van der Waals surface area contributed by atoms with Crippen molar-refractivity contribution in [3.8, 4) is 0 Å². The molecule has 19 heavy (non-hydrogen) atoms. The molecule has 1 unspecified atom stereocenters. The number of benzene rings is 1. The van der Waals surface area contributed by atoms with Crippen LogP contribution in [0.1, 0.15) is 44.1 Å². The lowest BCUT2D eigenvalue weighted by molar-refractivity contribution is 0.337. The third-order valence-corrected chi connectivity index (χ3v) is 6.59. The number of rotatable bonds is 3. The molecule has 3 nitrogen and oxygen atoms in total. The molecule has 2 aliphatic rings. The van der Waals surface area contributed by atoms with Crippen molar-refractivity contribution in [2.45, 2.75) is 50.7 Å². The molecule has 0 amide bonds. The van der Waals surface area contributed by atoms with Crippen LogP contribution in [-0.2, 0) is 10.0 Å². The predicted octanol–water partition coefficient (Wildman–Crippen LogP) is 3.46. The summed E-state index contributed by atoms with van der Waals surface area (Å²) in [4.78, 5) is 0. The Morgan fingerprint density at radius 2 is 1.74 bits per heavy atom. The fourth-order valence-electron chi connectivity index (χ4n) is 3.39. The molecule has 0 aromatic heterocycles. The maximum absolute atomic E-state index is 12.4. The van der Waals surface area contributed by atoms with Crippen molar-refractivity contribution in [3.63, 3.8) is 0 Å². The molecular weight excluding hydrogens is 258 g/mol. The Morgan fingerprint density at radius 3 is 2.37 bits per heavy atom. The van der Waals surface area contributed by atoms with E-state index in [9.17, 15) is 8.42 Å². The topological polar surface area (TPSA) is 46.2 Å². The minimum Gasteiger partial charge on any atom is -0.283 e. The second kappa shape index (κ2) is 4.51. The number of nitrogens with one attached hydrogen (secondary N) is 1. The second-order valence-corrected chi connectivity index (χ2v) is 7.99. The number of sulfonamides is 1. The van der Waals surface area contributed by atoms with E-state index >= 15 is 0 Å². The van der Waals surface area contributed by atoms with Crippen LogP contribution >= 0.6 is 0 Å². The summed E-state index contributed by atoms with van der Waals surface area (Å²) in [6.07, 6.45) is 6.68. The highest BCUT2D eigenvalue weighted by Gasteiger charge is 2.60. The fraction of sp³-hybridized carbons (Fsp3) is 0.600. The molecule has 0 radical (unpaired) electrons. The van der Waals surface area contributed by atoms with Gasteiger partial charge in [0.05, 0.1) is 5.25 Å². The van der Waals surface area contributed by atoms with Crippen molar-refractivity contribution in [2.75, 3.05) is 4.72 Å². The molecule has 0 saturated heterocycles. The molecular formula is C15H21NO2S. The average Bonchev–Trinajstić information content (AvgIpc) is 3.08. The second-order valence-electron chi connectivity index (χ2n) is 6.13. The van der Waals surface area contributed by atoms with Gasteiger partial charge in [0.15, 0.2) is 0 Å². The normalized spacial score (nSPS) is 25.2. The van der Waals surface area contributed by atoms with Crippen molar-refractivity contribution in [1.29, 1.82) is 0 Å². The zero-order valence-corrected chi connectivity index (χ0v) is 12.2. The summed E-state index contributed by atoms with van der Waals surface area (Å²) in [5.41, 5.74) is 1.93. The number of hydrogen-bond donors (Lipinski definition) is 1. The van der Waals surface area contributed by atoms with E-state index in [2.05, 4.69) is 4.72 Å². The summed E-state index contributed by atoms with van der Waals surface area (Å²) in [5, 5.41) is -0.165. The molecule has 1 aromatic carbocycles. The summed E-state index contributed by atoms with van der Waals surface area (Å²) in [7, 11) is -3.21. The molecule has 1 spiro atoms. The highest BCUT2D eigenvalue weighted by atomic mass is 32.2. The zero-order chi connectivity index (χ0) is 13.5. The van der Waals surface area contributed by atoms with Gasteiger partial charge in [0.1, 0.15) is 0 Å². The van der Waals surface area contributed by atoms with Crippen LogP contribution in [0.4, 0.5) is 5.69 Å². The lowest BCUT2D eigenvalue weighted by Crippen LogP contribution is -2.24. The minimum absolute atomic E-state index is 0.106. The minimum atomic E-state index is -3.21. The van der Waals surface area contributed by atoms with Crippen molar-refractivity contribution in [2.24, 2.45) is 5.41 Å². The van der Waals surface area contributed by atoms with Crippen molar-refractivity contribution < 1.29 is 8.42 Å². The summed E-state index contributed by atoms with van der Waals surface area (Å²) in [6, 6.07) is 7.54. The molecule has 1 aromatic rings. The molecule has 0 aliphatic heterocycles. The van der Waals surface area contributed by atoms with E-state index in [0.717, 1.165) is 24.8 Å². The van der Waals surface area contributed by atoms with Gasteiger partial charge >= 0.3 is 0 Å². The largest absolute Gasteiger partial charge is 0.283 e. The summed E-state index contributed by atoms with van der Waals surface area (Å²) in [6.45, 7) is 2.00. The quantitative estimate of drug-likeness (QED) is 0.921. The first-order valence-electron chi connectivity index (χ1n) is 7.10. The Kier molecular flexibility index (Phi) is 3.08. The van der Waals surface area contributed by atoms with Gasteiger partial charge in [-0.15, -0.1) is 0 Å². The van der Waals surface area contributed by atoms with Crippen molar-refractivity contribution >= 4 is 15.7 Å². The van der Waals surface area contributed by atoms with E-state index in [0.29, 0.717) is 5.69 Å². The summed E-state index contributed by atoms with van der Waals surface area (Å²) >= 11 is 0. The molecule has 2 saturated carbocycles. The van der Waals surface area contributed by atoms with E-state index < -0.39 is 10.0 Å². The van der Waals surface area contributed by atoms with Crippen LogP contribution in [0, 0.1) is 12.3 Å². The van der Waals surface area contributed by atoms with Crippen LogP contribution in [0.15, 0.2) is 24.3 Å². The van der Waals surface area contributed by atoms with Gasteiger partial charge in [-0.25, -0.2) is 8.42 Å². The number of aryl methyl sites for hydroxylation is 1. The highest BCUT2D eigenvalue weighted by molar-refractivity contribution is 7.93. The maximum Gasteiger partial charge on any atom is 0.236 e. The molecule has 1 atom stereocenters. The van der Waals surface area contributed by atoms with Gasteiger partial charge in [0, 0.05) is 5.69 Å². The Labute approximate surface area is 115 Å². The van der Waals surface area contributed by atoms with E-state index in [1.165, 1.54) is 19.3 Å². The Balaban J connectivity index is 1.72. The Bertz CT molecular complexity index is 556. The summed E-state index contributed by atoms with van der Waals surface area (Å²) < 4.78 is 27.6. The average molecular weight is 279 g/mol. The molecule has 3 rings (SSSR count). The third-order valence-electron chi connectivity index (χ3n) is 4.65. The molecule has 1 N–H and O–H groups in total. The highest BCUT2D eigenvalue weighted by Crippen LogP contribution is 2.59. The third kappa shape index (κ3) is 2.50.